The van der Waals surface area contributed by atoms with E-state index in [1.54, 1.807) is 17.0 Å². The van der Waals surface area contributed by atoms with Gasteiger partial charge in [0.05, 0.1) is 6.42 Å². The summed E-state index contributed by atoms with van der Waals surface area (Å²) >= 11 is 0. The molecule has 5 heteroatoms. The van der Waals surface area contributed by atoms with Crippen molar-refractivity contribution >= 4 is 11.9 Å². The molecule has 1 fully saturated rings. The highest BCUT2D eigenvalue weighted by Crippen LogP contribution is 2.21. The van der Waals surface area contributed by atoms with Crippen LogP contribution < -0.4 is 0 Å². The molecule has 2 rings (SSSR count). The molecule has 0 radical (unpaired) electrons. The third-order valence-electron chi connectivity index (χ3n) is 3.97. The van der Waals surface area contributed by atoms with E-state index in [9.17, 15) is 14.0 Å². The van der Waals surface area contributed by atoms with Gasteiger partial charge in [0.15, 0.2) is 0 Å². The van der Waals surface area contributed by atoms with Crippen molar-refractivity contribution in [1.29, 1.82) is 0 Å². The maximum Gasteiger partial charge on any atom is 0.303 e. The topological polar surface area (TPSA) is 57.6 Å². The van der Waals surface area contributed by atoms with Gasteiger partial charge in [-0.15, -0.1) is 0 Å². The Morgan fingerprint density at radius 3 is 2.62 bits per heavy atom. The quantitative estimate of drug-likeness (QED) is 0.927. The van der Waals surface area contributed by atoms with Crippen molar-refractivity contribution in [2.45, 2.75) is 32.6 Å². The lowest BCUT2D eigenvalue weighted by Crippen LogP contribution is -2.39. The Bertz CT molecular complexity index is 536. The van der Waals surface area contributed by atoms with Crippen molar-refractivity contribution < 1.29 is 19.1 Å². The third kappa shape index (κ3) is 4.28. The molecule has 0 saturated carbocycles. The van der Waals surface area contributed by atoms with Crippen LogP contribution in [0.3, 0.4) is 0 Å². The molecule has 21 heavy (non-hydrogen) atoms. The molecule has 0 spiro atoms. The van der Waals surface area contributed by atoms with Gasteiger partial charge < -0.3 is 10.0 Å². The molecule has 1 heterocycles. The zero-order valence-corrected chi connectivity index (χ0v) is 12.1. The number of amides is 1. The van der Waals surface area contributed by atoms with E-state index in [-0.39, 0.29) is 30.5 Å². The SMILES string of the molecule is Cc1ccc(F)c(CC(=O)N2CCC(CC(=O)O)CC2)c1. The van der Waals surface area contributed by atoms with E-state index in [0.717, 1.165) is 5.56 Å². The van der Waals surface area contributed by atoms with E-state index >= 15 is 0 Å². The molecule has 1 saturated heterocycles. The summed E-state index contributed by atoms with van der Waals surface area (Å²) in [4.78, 5) is 24.6. The molecule has 1 aromatic rings. The average Bonchev–Trinajstić information content (AvgIpc) is 2.43. The van der Waals surface area contributed by atoms with Crippen LogP contribution in [-0.2, 0) is 16.0 Å². The highest BCUT2D eigenvalue weighted by molar-refractivity contribution is 5.79. The summed E-state index contributed by atoms with van der Waals surface area (Å²) in [5.74, 6) is -1.09. The van der Waals surface area contributed by atoms with Crippen LogP contribution in [0.15, 0.2) is 18.2 Å². The highest BCUT2D eigenvalue weighted by Gasteiger charge is 2.24. The summed E-state index contributed by atoms with van der Waals surface area (Å²) in [5, 5.41) is 8.77. The van der Waals surface area contributed by atoms with Crippen molar-refractivity contribution in [1.82, 2.24) is 4.90 Å². The summed E-state index contributed by atoms with van der Waals surface area (Å²) in [6, 6.07) is 4.77. The van der Waals surface area contributed by atoms with Crippen LogP contribution in [0.25, 0.3) is 0 Å². The van der Waals surface area contributed by atoms with Crippen LogP contribution in [0, 0.1) is 18.7 Å². The minimum Gasteiger partial charge on any atom is -0.481 e. The number of rotatable bonds is 4. The number of benzene rings is 1. The molecule has 0 atom stereocenters. The van der Waals surface area contributed by atoms with E-state index in [0.29, 0.717) is 31.5 Å². The first-order valence-corrected chi connectivity index (χ1v) is 7.20. The van der Waals surface area contributed by atoms with Gasteiger partial charge in [0.1, 0.15) is 5.82 Å². The maximum atomic E-state index is 13.7. The number of nitrogens with zero attached hydrogens (tertiary/aromatic N) is 1. The lowest BCUT2D eigenvalue weighted by Gasteiger charge is -2.31. The van der Waals surface area contributed by atoms with E-state index < -0.39 is 5.97 Å². The largest absolute Gasteiger partial charge is 0.481 e. The molecule has 0 aromatic heterocycles. The van der Waals surface area contributed by atoms with Gasteiger partial charge in [-0.05, 0) is 37.3 Å². The summed E-state index contributed by atoms with van der Waals surface area (Å²) in [6.07, 6.45) is 1.63. The van der Waals surface area contributed by atoms with Gasteiger partial charge in [0.2, 0.25) is 5.91 Å². The van der Waals surface area contributed by atoms with Crippen LogP contribution in [0.4, 0.5) is 4.39 Å². The Morgan fingerprint density at radius 1 is 1.33 bits per heavy atom. The predicted molar refractivity (Wildman–Crippen MR) is 76.4 cm³/mol. The number of carbonyl (C=O) groups excluding carboxylic acids is 1. The van der Waals surface area contributed by atoms with Gasteiger partial charge in [0.25, 0.3) is 0 Å². The van der Waals surface area contributed by atoms with Gasteiger partial charge in [-0.2, -0.15) is 0 Å². The monoisotopic (exact) mass is 293 g/mol. The zero-order valence-electron chi connectivity index (χ0n) is 12.1. The molecule has 1 N–H and O–H groups in total. The lowest BCUT2D eigenvalue weighted by atomic mass is 9.93. The smallest absolute Gasteiger partial charge is 0.303 e. The third-order valence-corrected chi connectivity index (χ3v) is 3.97. The first-order valence-electron chi connectivity index (χ1n) is 7.20. The first kappa shape index (κ1) is 15.5. The van der Waals surface area contributed by atoms with Crippen molar-refractivity contribution in [3.63, 3.8) is 0 Å². The molecule has 1 aliphatic heterocycles. The molecular formula is C16H20FNO3. The van der Waals surface area contributed by atoms with Gasteiger partial charge in [-0.3, -0.25) is 9.59 Å². The molecule has 1 aromatic carbocycles. The fourth-order valence-electron chi connectivity index (χ4n) is 2.75. The van der Waals surface area contributed by atoms with Crippen molar-refractivity contribution in [3.8, 4) is 0 Å². The zero-order chi connectivity index (χ0) is 15.4. The minimum atomic E-state index is -0.790. The fourth-order valence-corrected chi connectivity index (χ4v) is 2.75. The number of aryl methyl sites for hydroxylation is 1. The van der Waals surface area contributed by atoms with E-state index in [2.05, 4.69) is 0 Å². The molecule has 114 valence electrons. The molecule has 0 unspecified atom stereocenters. The Balaban J connectivity index is 1.90. The second-order valence-electron chi connectivity index (χ2n) is 5.69. The normalized spacial score (nSPS) is 16.0. The van der Waals surface area contributed by atoms with Gasteiger partial charge >= 0.3 is 5.97 Å². The molecule has 1 amide bonds. The number of hydrogen-bond donors (Lipinski definition) is 1. The highest BCUT2D eigenvalue weighted by atomic mass is 19.1. The van der Waals surface area contributed by atoms with Crippen LogP contribution in [-0.4, -0.2) is 35.0 Å². The molecule has 0 aliphatic carbocycles. The minimum absolute atomic E-state index is 0.0666. The Kier molecular flexibility index (Phi) is 4.94. The number of hydrogen-bond acceptors (Lipinski definition) is 2. The van der Waals surface area contributed by atoms with Crippen LogP contribution >= 0.6 is 0 Å². The summed E-state index contributed by atoms with van der Waals surface area (Å²) in [7, 11) is 0. The second kappa shape index (κ2) is 6.70. The van der Waals surface area contributed by atoms with E-state index in [4.69, 9.17) is 5.11 Å². The second-order valence-corrected chi connectivity index (χ2v) is 5.69. The maximum absolute atomic E-state index is 13.7. The van der Waals surface area contributed by atoms with Crippen LogP contribution in [0.1, 0.15) is 30.4 Å². The molecule has 4 nitrogen and oxygen atoms in total. The van der Waals surface area contributed by atoms with Crippen molar-refractivity contribution in [2.24, 2.45) is 5.92 Å². The fraction of sp³-hybridized carbons (Fsp3) is 0.500. The summed E-state index contributed by atoms with van der Waals surface area (Å²) in [5.41, 5.74) is 1.35. The Hall–Kier alpha value is -1.91. The van der Waals surface area contributed by atoms with Gasteiger partial charge in [0, 0.05) is 19.5 Å². The van der Waals surface area contributed by atoms with E-state index in [1.165, 1.54) is 6.07 Å². The number of aliphatic carboxylic acids is 1. The van der Waals surface area contributed by atoms with E-state index in [1.807, 2.05) is 6.92 Å². The lowest BCUT2D eigenvalue weighted by molar-refractivity contribution is -0.138. The molecular weight excluding hydrogens is 273 g/mol. The van der Waals surface area contributed by atoms with Crippen LogP contribution in [0.2, 0.25) is 0 Å². The first-order chi connectivity index (χ1) is 9.95. The van der Waals surface area contributed by atoms with Crippen molar-refractivity contribution in [3.05, 3.63) is 35.1 Å². The Morgan fingerprint density at radius 2 is 2.00 bits per heavy atom. The van der Waals surface area contributed by atoms with Gasteiger partial charge in [-0.1, -0.05) is 17.7 Å². The average molecular weight is 293 g/mol. The number of carboxylic acid groups (broad SMARTS) is 1. The number of likely N-dealkylation sites (tertiary alicyclic amines) is 1. The molecule has 1 aliphatic rings. The van der Waals surface area contributed by atoms with Crippen LogP contribution in [0.5, 0.6) is 0 Å². The van der Waals surface area contributed by atoms with Gasteiger partial charge in [-0.25, -0.2) is 4.39 Å². The summed E-state index contributed by atoms with van der Waals surface area (Å²) in [6.45, 7) is 2.99. The predicted octanol–water partition coefficient (Wildman–Crippen LogP) is 2.39. The number of carboxylic acids is 1. The number of carbonyl (C=O) groups is 2. The standard InChI is InChI=1S/C16H20FNO3/c1-11-2-3-14(17)13(8-11)10-15(19)18-6-4-12(5-7-18)9-16(20)21/h2-3,8,12H,4-7,9-10H2,1H3,(H,20,21). The molecule has 0 bridgehead atoms. The number of halogens is 1. The van der Waals surface area contributed by atoms with Crippen molar-refractivity contribution in [2.75, 3.05) is 13.1 Å². The summed E-state index contributed by atoms with van der Waals surface area (Å²) < 4.78 is 13.7. The Labute approximate surface area is 123 Å². The number of piperidine rings is 1.